The summed E-state index contributed by atoms with van der Waals surface area (Å²) in [7, 11) is 0. The Labute approximate surface area is 124 Å². The second-order valence-corrected chi connectivity index (χ2v) is 5.92. The number of hydrogen-bond acceptors (Lipinski definition) is 3. The Kier molecular flexibility index (Phi) is 5.67. The van der Waals surface area contributed by atoms with Crippen molar-refractivity contribution < 1.29 is 4.74 Å². The molecule has 0 spiro atoms. The number of hydrogen-bond donors (Lipinski definition) is 1. The minimum absolute atomic E-state index is 0.377. The maximum atomic E-state index is 5.89. The van der Waals surface area contributed by atoms with Gasteiger partial charge in [0.25, 0.3) is 0 Å². The van der Waals surface area contributed by atoms with Gasteiger partial charge in [0.05, 0.1) is 6.10 Å². The SMILES string of the molecule is CCCOC1CCCN(c2ccc(CN)c(Br)c2)C1. The molecule has 1 aromatic carbocycles. The molecule has 1 aliphatic heterocycles. The van der Waals surface area contributed by atoms with Gasteiger partial charge in [-0.15, -0.1) is 0 Å². The summed E-state index contributed by atoms with van der Waals surface area (Å²) in [5, 5.41) is 0. The van der Waals surface area contributed by atoms with Gasteiger partial charge in [-0.25, -0.2) is 0 Å². The Balaban J connectivity index is 2.02. The summed E-state index contributed by atoms with van der Waals surface area (Å²) >= 11 is 3.59. The Morgan fingerprint density at radius 1 is 1.47 bits per heavy atom. The summed E-state index contributed by atoms with van der Waals surface area (Å²) in [5.74, 6) is 0. The van der Waals surface area contributed by atoms with E-state index >= 15 is 0 Å². The first-order chi connectivity index (χ1) is 9.24. The average Bonchev–Trinajstić information content (AvgIpc) is 2.45. The molecule has 2 N–H and O–H groups in total. The van der Waals surface area contributed by atoms with Crippen molar-refractivity contribution in [2.45, 2.75) is 38.8 Å². The first-order valence-corrected chi connectivity index (χ1v) is 7.89. The van der Waals surface area contributed by atoms with E-state index in [0.717, 1.165) is 36.2 Å². The lowest BCUT2D eigenvalue weighted by Crippen LogP contribution is -2.39. The summed E-state index contributed by atoms with van der Waals surface area (Å²) in [4.78, 5) is 2.41. The standard InChI is InChI=1S/C15H23BrN2O/c1-2-8-19-14-4-3-7-18(11-14)13-6-5-12(10-17)15(16)9-13/h5-6,9,14H,2-4,7-8,10-11,17H2,1H3. The highest BCUT2D eigenvalue weighted by Gasteiger charge is 2.20. The molecule has 3 nitrogen and oxygen atoms in total. The summed E-state index contributed by atoms with van der Waals surface area (Å²) in [6, 6.07) is 6.44. The molecule has 0 saturated carbocycles. The first-order valence-electron chi connectivity index (χ1n) is 7.09. The van der Waals surface area contributed by atoms with Gasteiger partial charge in [-0.05, 0) is 37.0 Å². The van der Waals surface area contributed by atoms with Crippen LogP contribution in [-0.4, -0.2) is 25.8 Å². The molecule has 4 heteroatoms. The van der Waals surface area contributed by atoms with Crippen molar-refractivity contribution in [3.8, 4) is 0 Å². The van der Waals surface area contributed by atoms with E-state index < -0.39 is 0 Å². The fourth-order valence-corrected chi connectivity index (χ4v) is 3.02. The third kappa shape index (κ3) is 3.94. The minimum Gasteiger partial charge on any atom is -0.376 e. The number of halogens is 1. The maximum absolute atomic E-state index is 5.89. The van der Waals surface area contributed by atoms with E-state index in [1.165, 1.54) is 18.5 Å². The zero-order valence-corrected chi connectivity index (χ0v) is 13.2. The number of benzene rings is 1. The summed E-state index contributed by atoms with van der Waals surface area (Å²) < 4.78 is 6.99. The van der Waals surface area contributed by atoms with Gasteiger partial charge in [0.2, 0.25) is 0 Å². The van der Waals surface area contributed by atoms with Crippen molar-refractivity contribution in [2.75, 3.05) is 24.6 Å². The van der Waals surface area contributed by atoms with E-state index in [-0.39, 0.29) is 0 Å². The van der Waals surface area contributed by atoms with Crippen LogP contribution in [0.4, 0.5) is 5.69 Å². The molecule has 1 atom stereocenters. The lowest BCUT2D eigenvalue weighted by atomic mass is 10.1. The third-order valence-electron chi connectivity index (χ3n) is 3.56. The highest BCUT2D eigenvalue weighted by atomic mass is 79.9. The lowest BCUT2D eigenvalue weighted by molar-refractivity contribution is 0.0440. The van der Waals surface area contributed by atoms with Gasteiger partial charge in [0.15, 0.2) is 0 Å². The number of nitrogens with two attached hydrogens (primary N) is 1. The van der Waals surface area contributed by atoms with Crippen LogP contribution in [-0.2, 0) is 11.3 Å². The first kappa shape index (κ1) is 14.8. The lowest BCUT2D eigenvalue weighted by Gasteiger charge is -2.34. The zero-order chi connectivity index (χ0) is 13.7. The number of rotatable bonds is 5. The van der Waals surface area contributed by atoms with Gasteiger partial charge in [-0.2, -0.15) is 0 Å². The van der Waals surface area contributed by atoms with Gasteiger partial charge in [-0.1, -0.05) is 28.9 Å². The molecular formula is C15H23BrN2O. The molecule has 106 valence electrons. The average molecular weight is 327 g/mol. The second kappa shape index (κ2) is 7.27. The molecule has 1 saturated heterocycles. The van der Waals surface area contributed by atoms with E-state index in [4.69, 9.17) is 10.5 Å². The highest BCUT2D eigenvalue weighted by Crippen LogP contribution is 2.26. The predicted octanol–water partition coefficient (Wildman–Crippen LogP) is 3.30. The van der Waals surface area contributed by atoms with E-state index in [2.05, 4.69) is 46.0 Å². The smallest absolute Gasteiger partial charge is 0.0750 e. The van der Waals surface area contributed by atoms with Crippen LogP contribution in [0.25, 0.3) is 0 Å². The monoisotopic (exact) mass is 326 g/mol. The number of piperidine rings is 1. The summed E-state index contributed by atoms with van der Waals surface area (Å²) in [6.45, 7) is 5.70. The van der Waals surface area contributed by atoms with E-state index in [1.807, 2.05) is 0 Å². The van der Waals surface area contributed by atoms with Crippen molar-refractivity contribution in [1.82, 2.24) is 0 Å². The van der Waals surface area contributed by atoms with Crippen LogP contribution in [0, 0.1) is 0 Å². The predicted molar refractivity (Wildman–Crippen MR) is 83.5 cm³/mol. The number of anilines is 1. The number of ether oxygens (including phenoxy) is 1. The fraction of sp³-hybridized carbons (Fsp3) is 0.600. The molecule has 0 radical (unpaired) electrons. The van der Waals surface area contributed by atoms with Crippen molar-refractivity contribution in [1.29, 1.82) is 0 Å². The second-order valence-electron chi connectivity index (χ2n) is 5.06. The zero-order valence-electron chi connectivity index (χ0n) is 11.6. The Hall–Kier alpha value is -0.580. The normalized spacial score (nSPS) is 19.7. The molecule has 1 fully saturated rings. The molecule has 0 bridgehead atoms. The minimum atomic E-state index is 0.377. The topological polar surface area (TPSA) is 38.5 Å². The molecule has 1 heterocycles. The summed E-state index contributed by atoms with van der Waals surface area (Å²) in [6.07, 6.45) is 3.85. The van der Waals surface area contributed by atoms with Crippen molar-refractivity contribution in [3.63, 3.8) is 0 Å². The molecule has 1 aromatic rings. The van der Waals surface area contributed by atoms with E-state index in [0.29, 0.717) is 12.6 Å². The molecule has 19 heavy (non-hydrogen) atoms. The Morgan fingerprint density at radius 3 is 3.00 bits per heavy atom. The van der Waals surface area contributed by atoms with Crippen molar-refractivity contribution in [2.24, 2.45) is 5.73 Å². The molecule has 0 aliphatic carbocycles. The van der Waals surface area contributed by atoms with Crippen LogP contribution in [0.5, 0.6) is 0 Å². The largest absolute Gasteiger partial charge is 0.376 e. The molecular weight excluding hydrogens is 304 g/mol. The highest BCUT2D eigenvalue weighted by molar-refractivity contribution is 9.10. The summed E-state index contributed by atoms with van der Waals surface area (Å²) in [5.41, 5.74) is 8.10. The van der Waals surface area contributed by atoms with Crippen molar-refractivity contribution >= 4 is 21.6 Å². The van der Waals surface area contributed by atoms with Gasteiger partial charge in [-0.3, -0.25) is 0 Å². The van der Waals surface area contributed by atoms with E-state index in [9.17, 15) is 0 Å². The Bertz CT molecular complexity index is 411. The van der Waals surface area contributed by atoms with Gasteiger partial charge >= 0.3 is 0 Å². The van der Waals surface area contributed by atoms with Gasteiger partial charge in [0, 0.05) is 36.4 Å². The molecule has 1 aliphatic rings. The van der Waals surface area contributed by atoms with Crippen LogP contribution in [0.1, 0.15) is 31.7 Å². The van der Waals surface area contributed by atoms with Gasteiger partial charge in [0.1, 0.15) is 0 Å². The van der Waals surface area contributed by atoms with Crippen LogP contribution in [0.15, 0.2) is 22.7 Å². The molecule has 0 aromatic heterocycles. The van der Waals surface area contributed by atoms with E-state index in [1.54, 1.807) is 0 Å². The maximum Gasteiger partial charge on any atom is 0.0750 e. The number of nitrogens with zero attached hydrogens (tertiary/aromatic N) is 1. The molecule has 0 amide bonds. The molecule has 1 unspecified atom stereocenters. The van der Waals surface area contributed by atoms with Crippen LogP contribution in [0.3, 0.4) is 0 Å². The fourth-order valence-electron chi connectivity index (χ4n) is 2.49. The quantitative estimate of drug-likeness (QED) is 0.902. The van der Waals surface area contributed by atoms with Crippen LogP contribution >= 0.6 is 15.9 Å². The van der Waals surface area contributed by atoms with Gasteiger partial charge < -0.3 is 15.4 Å². The van der Waals surface area contributed by atoms with Crippen molar-refractivity contribution in [3.05, 3.63) is 28.2 Å². The Morgan fingerprint density at radius 2 is 2.32 bits per heavy atom. The van der Waals surface area contributed by atoms with Crippen LogP contribution in [0.2, 0.25) is 0 Å². The third-order valence-corrected chi connectivity index (χ3v) is 4.30. The molecule has 2 rings (SSSR count). The van der Waals surface area contributed by atoms with Crippen LogP contribution < -0.4 is 10.6 Å².